The molecule has 0 saturated carbocycles. The van der Waals surface area contributed by atoms with Crippen molar-refractivity contribution >= 4 is 29.4 Å². The minimum absolute atomic E-state index is 0.199. The van der Waals surface area contributed by atoms with Gasteiger partial charge in [-0.1, -0.05) is 61.6 Å². The fraction of sp³-hybridized carbons (Fsp3) is 0.286. The first-order valence-electron chi connectivity index (χ1n) is 11.8. The summed E-state index contributed by atoms with van der Waals surface area (Å²) < 4.78 is 12.5. The molecular weight excluding hydrogens is 476 g/mol. The van der Waals surface area contributed by atoms with E-state index in [1.54, 1.807) is 42.7 Å². The zero-order valence-corrected chi connectivity index (χ0v) is 21.7. The highest BCUT2D eigenvalue weighted by atomic mass is 32.1. The number of carbonyl (C=O) groups is 2. The molecule has 1 atom stereocenters. The molecule has 186 valence electrons. The molecule has 1 aliphatic heterocycles. The van der Waals surface area contributed by atoms with Crippen LogP contribution in [0.2, 0.25) is 0 Å². The second-order valence-electron chi connectivity index (χ2n) is 8.79. The predicted molar refractivity (Wildman–Crippen MR) is 139 cm³/mol. The van der Waals surface area contributed by atoms with E-state index in [4.69, 9.17) is 9.47 Å². The van der Waals surface area contributed by atoms with Gasteiger partial charge < -0.3 is 9.47 Å². The maximum Gasteiger partial charge on any atom is 0.338 e. The lowest BCUT2D eigenvalue weighted by molar-refractivity contribution is -0.139. The first-order valence-corrected chi connectivity index (χ1v) is 12.6. The Bertz CT molecular complexity index is 1510. The number of hydrogen-bond donors (Lipinski definition) is 0. The number of esters is 2. The van der Waals surface area contributed by atoms with E-state index in [9.17, 15) is 14.4 Å². The molecule has 0 fully saturated rings. The molecule has 2 aromatic carbocycles. The second kappa shape index (κ2) is 10.5. The Balaban J connectivity index is 1.86. The van der Waals surface area contributed by atoms with Gasteiger partial charge in [-0.2, -0.15) is 0 Å². The highest BCUT2D eigenvalue weighted by Crippen LogP contribution is 2.31. The van der Waals surface area contributed by atoms with Crippen LogP contribution in [0.1, 0.15) is 63.3 Å². The van der Waals surface area contributed by atoms with E-state index in [0.29, 0.717) is 37.8 Å². The van der Waals surface area contributed by atoms with E-state index in [2.05, 4.69) is 31.0 Å². The summed E-state index contributed by atoms with van der Waals surface area (Å²) in [4.78, 5) is 43.1. The number of ether oxygens (including phenoxy) is 2. The zero-order chi connectivity index (χ0) is 26.0. The van der Waals surface area contributed by atoms with Crippen molar-refractivity contribution in [1.82, 2.24) is 4.57 Å². The summed E-state index contributed by atoms with van der Waals surface area (Å²) in [7, 11) is 0. The van der Waals surface area contributed by atoms with Crippen molar-refractivity contribution in [2.24, 2.45) is 4.99 Å². The third kappa shape index (κ3) is 5.09. The van der Waals surface area contributed by atoms with Crippen LogP contribution in [0, 0.1) is 0 Å². The Hall–Kier alpha value is -3.78. The van der Waals surface area contributed by atoms with Crippen molar-refractivity contribution in [2.75, 3.05) is 6.61 Å². The van der Waals surface area contributed by atoms with Gasteiger partial charge in [0, 0.05) is 6.92 Å². The van der Waals surface area contributed by atoms with Crippen molar-refractivity contribution < 1.29 is 19.1 Å². The number of fused-ring (bicyclic) bond motifs is 1. The SMILES string of the molecule is CCOC(=O)C1=C(C)N=c2s/c(=C/c3ccc(C(C)C)cc3)c(=O)n2[C@H]1c1ccc(OC(C)=O)cc1. The van der Waals surface area contributed by atoms with E-state index in [-0.39, 0.29) is 12.2 Å². The van der Waals surface area contributed by atoms with Crippen LogP contribution in [0.15, 0.2) is 69.6 Å². The van der Waals surface area contributed by atoms with E-state index < -0.39 is 18.0 Å². The number of benzene rings is 2. The number of hydrogen-bond acceptors (Lipinski definition) is 7. The molecule has 0 saturated heterocycles. The number of aromatic nitrogens is 1. The van der Waals surface area contributed by atoms with Crippen LogP contribution in [0.4, 0.5) is 0 Å². The summed E-state index contributed by atoms with van der Waals surface area (Å²) in [5, 5.41) is 0. The molecule has 0 N–H and O–H groups in total. The van der Waals surface area contributed by atoms with Crippen LogP contribution in [0.5, 0.6) is 5.75 Å². The Morgan fingerprint density at radius 1 is 1.11 bits per heavy atom. The van der Waals surface area contributed by atoms with Crippen LogP contribution in [-0.2, 0) is 14.3 Å². The van der Waals surface area contributed by atoms with Gasteiger partial charge in [0.05, 0.1) is 28.5 Å². The average Bonchev–Trinajstić information content (AvgIpc) is 3.13. The highest BCUT2D eigenvalue weighted by Gasteiger charge is 2.33. The summed E-state index contributed by atoms with van der Waals surface area (Å²) in [6.45, 7) is 9.27. The lowest BCUT2D eigenvalue weighted by atomic mass is 9.96. The van der Waals surface area contributed by atoms with Gasteiger partial charge in [0.2, 0.25) is 0 Å². The highest BCUT2D eigenvalue weighted by molar-refractivity contribution is 7.07. The molecule has 0 aliphatic carbocycles. The molecule has 8 heteroatoms. The smallest absolute Gasteiger partial charge is 0.338 e. The average molecular weight is 505 g/mol. The molecule has 1 aliphatic rings. The summed E-state index contributed by atoms with van der Waals surface area (Å²) in [5.41, 5.74) is 3.37. The van der Waals surface area contributed by atoms with Gasteiger partial charge in [0.1, 0.15) is 5.75 Å². The third-order valence-electron chi connectivity index (χ3n) is 5.88. The minimum atomic E-state index is -0.725. The number of thiazole rings is 1. The van der Waals surface area contributed by atoms with E-state index in [0.717, 1.165) is 5.56 Å². The molecule has 7 nitrogen and oxygen atoms in total. The lowest BCUT2D eigenvalue weighted by Crippen LogP contribution is -2.39. The van der Waals surface area contributed by atoms with Crippen LogP contribution in [0.3, 0.4) is 0 Å². The van der Waals surface area contributed by atoms with Gasteiger partial charge in [0.25, 0.3) is 5.56 Å². The standard InChI is InChI=1S/C28H28N2O5S/c1-6-34-27(33)24-17(4)29-28-30(25(24)21-11-13-22(14-12-21)35-18(5)31)26(32)23(36-28)15-19-7-9-20(10-8-19)16(2)3/h7-16,25H,6H2,1-5H3/b23-15+/t25-/m0/s1. The van der Waals surface area contributed by atoms with Crippen LogP contribution >= 0.6 is 11.3 Å². The summed E-state index contributed by atoms with van der Waals surface area (Å²) in [5.74, 6) is -0.158. The summed E-state index contributed by atoms with van der Waals surface area (Å²) >= 11 is 1.28. The van der Waals surface area contributed by atoms with Crippen molar-refractivity contribution in [3.63, 3.8) is 0 Å². The Morgan fingerprint density at radius 2 is 1.78 bits per heavy atom. The molecule has 0 unspecified atom stereocenters. The van der Waals surface area contributed by atoms with E-state index >= 15 is 0 Å². The van der Waals surface area contributed by atoms with Crippen molar-refractivity contribution in [1.29, 1.82) is 0 Å². The molecule has 2 heterocycles. The van der Waals surface area contributed by atoms with Gasteiger partial charge >= 0.3 is 11.9 Å². The fourth-order valence-electron chi connectivity index (χ4n) is 4.12. The molecule has 0 bridgehead atoms. The fourth-order valence-corrected chi connectivity index (χ4v) is 5.17. The second-order valence-corrected chi connectivity index (χ2v) is 9.80. The predicted octanol–water partition coefficient (Wildman–Crippen LogP) is 3.85. The Kier molecular flexibility index (Phi) is 7.35. The monoisotopic (exact) mass is 504 g/mol. The molecule has 0 spiro atoms. The first kappa shape index (κ1) is 25.3. The third-order valence-corrected chi connectivity index (χ3v) is 6.86. The molecule has 0 amide bonds. The van der Waals surface area contributed by atoms with Gasteiger partial charge in [0.15, 0.2) is 4.80 Å². The topological polar surface area (TPSA) is 87.0 Å². The molecule has 1 aromatic heterocycles. The number of allylic oxidation sites excluding steroid dienone is 1. The molecule has 36 heavy (non-hydrogen) atoms. The zero-order valence-electron chi connectivity index (χ0n) is 20.9. The number of nitrogens with zero attached hydrogens (tertiary/aromatic N) is 2. The molecule has 0 radical (unpaired) electrons. The maximum atomic E-state index is 13.7. The van der Waals surface area contributed by atoms with Gasteiger partial charge in [-0.25, -0.2) is 9.79 Å². The van der Waals surface area contributed by atoms with Crippen LogP contribution < -0.4 is 19.6 Å². The summed E-state index contributed by atoms with van der Waals surface area (Å²) in [6, 6.07) is 14.1. The first-order chi connectivity index (χ1) is 17.2. The lowest BCUT2D eigenvalue weighted by Gasteiger charge is -2.24. The maximum absolute atomic E-state index is 13.7. The van der Waals surface area contributed by atoms with E-state index in [1.165, 1.54) is 23.8 Å². The molecular formula is C28H28N2O5S. The molecule has 3 aromatic rings. The van der Waals surface area contributed by atoms with Gasteiger partial charge in [-0.15, -0.1) is 0 Å². The largest absolute Gasteiger partial charge is 0.463 e. The van der Waals surface area contributed by atoms with E-state index in [1.807, 2.05) is 18.2 Å². The normalized spacial score (nSPS) is 15.5. The van der Waals surface area contributed by atoms with Crippen molar-refractivity contribution in [3.05, 3.63) is 96.2 Å². The van der Waals surface area contributed by atoms with Gasteiger partial charge in [-0.05, 0) is 54.7 Å². The Labute approximate surface area is 213 Å². The molecule has 4 rings (SSSR count). The summed E-state index contributed by atoms with van der Waals surface area (Å²) in [6.07, 6.45) is 1.85. The van der Waals surface area contributed by atoms with Crippen LogP contribution in [0.25, 0.3) is 6.08 Å². The van der Waals surface area contributed by atoms with Crippen LogP contribution in [-0.4, -0.2) is 23.1 Å². The minimum Gasteiger partial charge on any atom is -0.463 e. The number of rotatable bonds is 6. The van der Waals surface area contributed by atoms with Crippen molar-refractivity contribution in [3.8, 4) is 5.75 Å². The van der Waals surface area contributed by atoms with Gasteiger partial charge in [-0.3, -0.25) is 14.2 Å². The van der Waals surface area contributed by atoms with Crippen molar-refractivity contribution in [2.45, 2.75) is 46.6 Å². The quantitative estimate of drug-likeness (QED) is 0.376. The number of carbonyl (C=O) groups excluding carboxylic acids is 2. The Morgan fingerprint density at radius 3 is 2.36 bits per heavy atom.